The predicted molar refractivity (Wildman–Crippen MR) is 82.0 cm³/mol. The van der Waals surface area contributed by atoms with Gasteiger partial charge in [0, 0.05) is 38.4 Å². The van der Waals surface area contributed by atoms with Crippen molar-refractivity contribution in [2.24, 2.45) is 14.1 Å². The summed E-state index contributed by atoms with van der Waals surface area (Å²) in [5.41, 5.74) is 0.161. The Morgan fingerprint density at radius 3 is 2.45 bits per heavy atom. The molecule has 5 nitrogen and oxygen atoms in total. The molecule has 0 radical (unpaired) electrons. The second-order valence-electron chi connectivity index (χ2n) is 5.42. The quantitative estimate of drug-likeness (QED) is 0.786. The third kappa shape index (κ3) is 4.34. The number of nitrogens with zero attached hydrogens (tertiary/aromatic N) is 2. The Labute approximate surface area is 120 Å². The van der Waals surface area contributed by atoms with Gasteiger partial charge in [-0.05, 0) is 12.8 Å². The summed E-state index contributed by atoms with van der Waals surface area (Å²) in [4.78, 5) is 23.7. The van der Waals surface area contributed by atoms with E-state index in [4.69, 9.17) is 0 Å². The Hall–Kier alpha value is -1.36. The van der Waals surface area contributed by atoms with E-state index in [9.17, 15) is 9.59 Å². The maximum absolute atomic E-state index is 12.0. The van der Waals surface area contributed by atoms with Gasteiger partial charge in [0.15, 0.2) is 0 Å². The lowest BCUT2D eigenvalue weighted by Crippen LogP contribution is -2.40. The molecule has 0 spiro atoms. The van der Waals surface area contributed by atoms with Crippen LogP contribution in [0, 0.1) is 0 Å². The molecule has 1 N–H and O–H groups in total. The number of hydrogen-bond acceptors (Lipinski definition) is 3. The first kappa shape index (κ1) is 16.7. The van der Waals surface area contributed by atoms with Gasteiger partial charge in [0.2, 0.25) is 0 Å². The summed E-state index contributed by atoms with van der Waals surface area (Å²) in [7, 11) is 3.20. The molecule has 0 saturated heterocycles. The van der Waals surface area contributed by atoms with Crippen molar-refractivity contribution in [3.8, 4) is 0 Å². The first-order chi connectivity index (χ1) is 9.51. The van der Waals surface area contributed by atoms with E-state index in [1.807, 2.05) is 0 Å². The minimum atomic E-state index is -0.283. The van der Waals surface area contributed by atoms with E-state index in [1.54, 1.807) is 13.2 Å². The first-order valence-electron chi connectivity index (χ1n) is 7.50. The molecule has 1 aromatic heterocycles. The topological polar surface area (TPSA) is 56.0 Å². The molecule has 0 saturated carbocycles. The smallest absolute Gasteiger partial charge is 0.310 e. The highest BCUT2D eigenvalue weighted by atomic mass is 16.2. The van der Waals surface area contributed by atoms with Crippen LogP contribution in [0.1, 0.15) is 51.5 Å². The van der Waals surface area contributed by atoms with Gasteiger partial charge in [0.05, 0.1) is 0 Å². The highest BCUT2D eigenvalue weighted by Gasteiger charge is 2.10. The normalized spacial score (nSPS) is 12.6. The minimum Gasteiger partial charge on any atom is -0.310 e. The van der Waals surface area contributed by atoms with Crippen molar-refractivity contribution >= 4 is 0 Å². The zero-order valence-electron chi connectivity index (χ0n) is 13.1. The lowest BCUT2D eigenvalue weighted by Gasteiger charge is -2.18. The molecule has 114 valence electrons. The lowest BCUT2D eigenvalue weighted by molar-refractivity contribution is 0.431. The zero-order valence-corrected chi connectivity index (χ0v) is 13.1. The van der Waals surface area contributed by atoms with E-state index >= 15 is 0 Å². The van der Waals surface area contributed by atoms with E-state index in [1.165, 1.54) is 24.5 Å². The van der Waals surface area contributed by atoms with Crippen molar-refractivity contribution < 1.29 is 0 Å². The number of hydrogen-bond donors (Lipinski definition) is 1. The summed E-state index contributed by atoms with van der Waals surface area (Å²) in [6, 6.07) is 0.446. The van der Waals surface area contributed by atoms with Crippen LogP contribution in [0.4, 0.5) is 0 Å². The van der Waals surface area contributed by atoms with E-state index in [0.717, 1.165) is 23.8 Å². The molecule has 0 fully saturated rings. The van der Waals surface area contributed by atoms with Crippen LogP contribution in [0.3, 0.4) is 0 Å². The van der Waals surface area contributed by atoms with Crippen molar-refractivity contribution in [3.05, 3.63) is 32.6 Å². The van der Waals surface area contributed by atoms with Crippen LogP contribution in [0.5, 0.6) is 0 Å². The summed E-state index contributed by atoms with van der Waals surface area (Å²) in [6.45, 7) is 4.88. The second-order valence-corrected chi connectivity index (χ2v) is 5.42. The highest BCUT2D eigenvalue weighted by Crippen LogP contribution is 2.07. The monoisotopic (exact) mass is 281 g/mol. The molecule has 1 unspecified atom stereocenters. The fourth-order valence-corrected chi connectivity index (χ4v) is 2.41. The molecule has 1 heterocycles. The molecule has 1 rings (SSSR count). The molecular weight excluding hydrogens is 254 g/mol. The van der Waals surface area contributed by atoms with Gasteiger partial charge in [0.1, 0.15) is 0 Å². The number of unbranched alkanes of at least 4 members (excludes halogenated alkanes) is 1. The van der Waals surface area contributed by atoms with Crippen LogP contribution in [-0.4, -0.2) is 15.2 Å². The molecule has 20 heavy (non-hydrogen) atoms. The van der Waals surface area contributed by atoms with Gasteiger partial charge in [-0.2, -0.15) is 0 Å². The molecular formula is C15H27N3O2. The number of nitrogens with one attached hydrogen (secondary N) is 1. The number of aryl methyl sites for hydroxylation is 1. The summed E-state index contributed by atoms with van der Waals surface area (Å²) in [5, 5.41) is 3.46. The van der Waals surface area contributed by atoms with E-state index in [2.05, 4.69) is 19.2 Å². The van der Waals surface area contributed by atoms with Gasteiger partial charge < -0.3 is 9.88 Å². The van der Waals surface area contributed by atoms with Gasteiger partial charge in [0.25, 0.3) is 5.56 Å². The molecule has 0 aliphatic rings. The summed E-state index contributed by atoms with van der Waals surface area (Å²) >= 11 is 0. The Morgan fingerprint density at radius 1 is 1.15 bits per heavy atom. The van der Waals surface area contributed by atoms with Crippen molar-refractivity contribution in [1.82, 2.24) is 14.5 Å². The average Bonchev–Trinajstić information content (AvgIpc) is 2.44. The standard InChI is InChI=1S/C15H27N3O2/c1-5-7-9-13(8-6-2)16-10-12-11-17(3)15(20)18(4)14(12)19/h11,13,16H,5-10H2,1-4H3. The lowest BCUT2D eigenvalue weighted by atomic mass is 10.0. The molecule has 1 atom stereocenters. The van der Waals surface area contributed by atoms with Crippen LogP contribution in [0.15, 0.2) is 15.8 Å². The number of rotatable bonds is 8. The van der Waals surface area contributed by atoms with E-state index in [-0.39, 0.29) is 11.2 Å². The summed E-state index contributed by atoms with van der Waals surface area (Å²) < 4.78 is 2.62. The molecule has 0 bridgehead atoms. The average molecular weight is 281 g/mol. The minimum absolute atomic E-state index is 0.202. The molecule has 0 aliphatic carbocycles. The van der Waals surface area contributed by atoms with Crippen LogP contribution in [0.2, 0.25) is 0 Å². The van der Waals surface area contributed by atoms with Gasteiger partial charge in [-0.3, -0.25) is 9.36 Å². The van der Waals surface area contributed by atoms with Crippen LogP contribution >= 0.6 is 0 Å². The Bertz CT molecular complexity index is 531. The summed E-state index contributed by atoms with van der Waals surface area (Å²) in [6.07, 6.45) is 7.40. The Morgan fingerprint density at radius 2 is 1.85 bits per heavy atom. The molecule has 0 aromatic carbocycles. The van der Waals surface area contributed by atoms with E-state index in [0.29, 0.717) is 18.2 Å². The first-order valence-corrected chi connectivity index (χ1v) is 7.50. The van der Waals surface area contributed by atoms with Gasteiger partial charge in [-0.15, -0.1) is 0 Å². The zero-order chi connectivity index (χ0) is 15.1. The van der Waals surface area contributed by atoms with Crippen molar-refractivity contribution in [2.45, 2.75) is 58.5 Å². The molecule has 1 aromatic rings. The van der Waals surface area contributed by atoms with Crippen molar-refractivity contribution in [1.29, 1.82) is 0 Å². The SMILES string of the molecule is CCCCC(CCC)NCc1cn(C)c(=O)n(C)c1=O. The maximum Gasteiger partial charge on any atom is 0.330 e. The van der Waals surface area contributed by atoms with Crippen LogP contribution in [0.25, 0.3) is 0 Å². The van der Waals surface area contributed by atoms with Crippen molar-refractivity contribution in [3.63, 3.8) is 0 Å². The van der Waals surface area contributed by atoms with Crippen LogP contribution < -0.4 is 16.6 Å². The largest absolute Gasteiger partial charge is 0.330 e. The Balaban J connectivity index is 2.77. The molecule has 0 aliphatic heterocycles. The Kier molecular flexibility index (Phi) is 6.71. The van der Waals surface area contributed by atoms with Gasteiger partial charge >= 0.3 is 5.69 Å². The van der Waals surface area contributed by atoms with Crippen LogP contribution in [-0.2, 0) is 20.6 Å². The fourth-order valence-electron chi connectivity index (χ4n) is 2.41. The third-order valence-corrected chi connectivity index (χ3v) is 3.64. The summed E-state index contributed by atoms with van der Waals surface area (Å²) in [5.74, 6) is 0. The van der Waals surface area contributed by atoms with Gasteiger partial charge in [-0.25, -0.2) is 4.79 Å². The van der Waals surface area contributed by atoms with E-state index < -0.39 is 0 Å². The molecule has 0 amide bonds. The van der Waals surface area contributed by atoms with Gasteiger partial charge in [-0.1, -0.05) is 33.1 Å². The third-order valence-electron chi connectivity index (χ3n) is 3.64. The fraction of sp³-hybridized carbons (Fsp3) is 0.733. The highest BCUT2D eigenvalue weighted by molar-refractivity contribution is 5.05. The maximum atomic E-state index is 12.0. The van der Waals surface area contributed by atoms with Crippen molar-refractivity contribution in [2.75, 3.05) is 0 Å². The molecule has 5 heteroatoms. The number of aromatic nitrogens is 2. The second kappa shape index (κ2) is 8.04. The predicted octanol–water partition coefficient (Wildman–Crippen LogP) is 1.53.